The summed E-state index contributed by atoms with van der Waals surface area (Å²) in [5.41, 5.74) is 0. The van der Waals surface area contributed by atoms with Crippen LogP contribution >= 0.6 is 11.3 Å². The maximum absolute atomic E-state index is 4.31. The fourth-order valence-electron chi connectivity index (χ4n) is 1.49. The van der Waals surface area contributed by atoms with Gasteiger partial charge in [0.05, 0.1) is 5.01 Å². The van der Waals surface area contributed by atoms with E-state index in [4.69, 9.17) is 0 Å². The summed E-state index contributed by atoms with van der Waals surface area (Å²) in [7, 11) is 0. The molecule has 0 aliphatic heterocycles. The van der Waals surface area contributed by atoms with Gasteiger partial charge in [-0.3, -0.25) is 0 Å². The summed E-state index contributed by atoms with van der Waals surface area (Å²) >= 11 is 1.76. The second-order valence-electron chi connectivity index (χ2n) is 4.62. The van der Waals surface area contributed by atoms with Crippen molar-refractivity contribution in [1.82, 2.24) is 10.3 Å². The third kappa shape index (κ3) is 5.90. The summed E-state index contributed by atoms with van der Waals surface area (Å²) in [6.07, 6.45) is 4.26. The van der Waals surface area contributed by atoms with Crippen LogP contribution in [0.5, 0.6) is 0 Å². The van der Waals surface area contributed by atoms with Gasteiger partial charge in [-0.05, 0) is 31.3 Å². The first kappa shape index (κ1) is 12.7. The Morgan fingerprint density at radius 1 is 1.40 bits per heavy atom. The van der Waals surface area contributed by atoms with E-state index in [2.05, 4.69) is 36.5 Å². The molecule has 0 aromatic carbocycles. The molecular formula is C12H22N2S. The summed E-state index contributed by atoms with van der Waals surface area (Å²) in [6, 6.07) is 0. The van der Waals surface area contributed by atoms with Crippen LogP contribution in [0.15, 0.2) is 11.6 Å². The van der Waals surface area contributed by atoms with E-state index in [0.717, 1.165) is 31.3 Å². The van der Waals surface area contributed by atoms with E-state index in [-0.39, 0.29) is 0 Å². The molecule has 1 rings (SSSR count). The van der Waals surface area contributed by atoms with Crippen LogP contribution in [0.2, 0.25) is 0 Å². The van der Waals surface area contributed by atoms with Gasteiger partial charge < -0.3 is 5.32 Å². The van der Waals surface area contributed by atoms with E-state index in [0.29, 0.717) is 0 Å². The molecule has 1 unspecified atom stereocenters. The van der Waals surface area contributed by atoms with Crippen molar-refractivity contribution in [2.24, 2.45) is 11.8 Å². The van der Waals surface area contributed by atoms with E-state index in [1.807, 2.05) is 6.20 Å². The fourth-order valence-corrected chi connectivity index (χ4v) is 2.27. The van der Waals surface area contributed by atoms with Crippen LogP contribution < -0.4 is 5.32 Å². The maximum Gasteiger partial charge on any atom is 0.0927 e. The predicted octanol–water partition coefficient (Wildman–Crippen LogP) is 2.96. The first-order chi connectivity index (χ1) is 7.18. The largest absolute Gasteiger partial charge is 0.316 e. The van der Waals surface area contributed by atoms with Gasteiger partial charge in [-0.25, -0.2) is 4.98 Å². The maximum atomic E-state index is 4.31. The van der Waals surface area contributed by atoms with Crippen LogP contribution in [0.1, 0.15) is 32.2 Å². The monoisotopic (exact) mass is 226 g/mol. The molecule has 0 spiro atoms. The number of nitrogens with one attached hydrogen (secondary N) is 1. The number of nitrogens with zero attached hydrogens (tertiary/aromatic N) is 1. The molecule has 86 valence electrons. The quantitative estimate of drug-likeness (QED) is 0.723. The molecule has 0 bridgehead atoms. The van der Waals surface area contributed by atoms with Crippen LogP contribution in [0, 0.1) is 11.8 Å². The molecule has 0 fully saturated rings. The highest BCUT2D eigenvalue weighted by Gasteiger charge is 2.05. The van der Waals surface area contributed by atoms with Crippen LogP contribution in [0.4, 0.5) is 0 Å². The van der Waals surface area contributed by atoms with Gasteiger partial charge in [-0.2, -0.15) is 0 Å². The zero-order valence-electron chi connectivity index (χ0n) is 9.99. The number of hydrogen-bond donors (Lipinski definition) is 1. The van der Waals surface area contributed by atoms with Gasteiger partial charge >= 0.3 is 0 Å². The number of thiazole rings is 1. The van der Waals surface area contributed by atoms with Gasteiger partial charge in [-0.15, -0.1) is 11.3 Å². The normalized spacial score (nSPS) is 13.3. The average molecular weight is 226 g/mol. The van der Waals surface area contributed by atoms with Crippen molar-refractivity contribution in [2.75, 3.05) is 13.1 Å². The SMILES string of the molecule is CC(C)CNCCC(C)Cc1nccs1. The van der Waals surface area contributed by atoms with Gasteiger partial charge in [0, 0.05) is 18.0 Å². The lowest BCUT2D eigenvalue weighted by Crippen LogP contribution is -2.22. The van der Waals surface area contributed by atoms with Gasteiger partial charge in [0.1, 0.15) is 0 Å². The van der Waals surface area contributed by atoms with Gasteiger partial charge in [0.25, 0.3) is 0 Å². The van der Waals surface area contributed by atoms with Crippen molar-refractivity contribution < 1.29 is 0 Å². The Kier molecular flexibility index (Phi) is 5.88. The summed E-state index contributed by atoms with van der Waals surface area (Å²) in [5.74, 6) is 1.48. The molecule has 1 aromatic heterocycles. The molecule has 3 heteroatoms. The summed E-state index contributed by atoms with van der Waals surface area (Å²) < 4.78 is 0. The molecule has 1 aromatic rings. The number of aromatic nitrogens is 1. The van der Waals surface area contributed by atoms with E-state index >= 15 is 0 Å². The van der Waals surface area contributed by atoms with Gasteiger partial charge in [0.15, 0.2) is 0 Å². The number of rotatable bonds is 7. The molecule has 0 saturated heterocycles. The molecule has 0 radical (unpaired) electrons. The van der Waals surface area contributed by atoms with E-state index in [9.17, 15) is 0 Å². The number of hydrogen-bond acceptors (Lipinski definition) is 3. The van der Waals surface area contributed by atoms with Gasteiger partial charge in [-0.1, -0.05) is 20.8 Å². The fraction of sp³-hybridized carbons (Fsp3) is 0.750. The van der Waals surface area contributed by atoms with Crippen molar-refractivity contribution in [3.05, 3.63) is 16.6 Å². The molecule has 15 heavy (non-hydrogen) atoms. The molecule has 0 saturated carbocycles. The summed E-state index contributed by atoms with van der Waals surface area (Å²) in [4.78, 5) is 4.31. The predicted molar refractivity (Wildman–Crippen MR) is 67.3 cm³/mol. The lowest BCUT2D eigenvalue weighted by Gasteiger charge is -2.11. The van der Waals surface area contributed by atoms with Crippen molar-refractivity contribution in [3.8, 4) is 0 Å². The highest BCUT2D eigenvalue weighted by atomic mass is 32.1. The molecule has 0 aliphatic rings. The zero-order chi connectivity index (χ0) is 11.1. The van der Waals surface area contributed by atoms with Crippen LogP contribution in [0.3, 0.4) is 0 Å². The molecule has 0 aliphatic carbocycles. The first-order valence-electron chi connectivity index (χ1n) is 5.77. The second kappa shape index (κ2) is 6.96. The Balaban J connectivity index is 2.06. The van der Waals surface area contributed by atoms with Crippen molar-refractivity contribution in [2.45, 2.75) is 33.6 Å². The molecular weight excluding hydrogens is 204 g/mol. The summed E-state index contributed by atoms with van der Waals surface area (Å²) in [5, 5.41) is 6.80. The Labute approximate surface area is 97.1 Å². The Morgan fingerprint density at radius 3 is 2.80 bits per heavy atom. The van der Waals surface area contributed by atoms with E-state index in [1.54, 1.807) is 11.3 Å². The second-order valence-corrected chi connectivity index (χ2v) is 5.60. The Bertz CT molecular complexity index is 244. The van der Waals surface area contributed by atoms with Crippen LogP contribution in [-0.2, 0) is 6.42 Å². The van der Waals surface area contributed by atoms with Gasteiger partial charge in [0.2, 0.25) is 0 Å². The topological polar surface area (TPSA) is 24.9 Å². The molecule has 0 amide bonds. The van der Waals surface area contributed by atoms with Crippen LogP contribution in [-0.4, -0.2) is 18.1 Å². The van der Waals surface area contributed by atoms with Crippen molar-refractivity contribution in [1.29, 1.82) is 0 Å². The molecule has 1 heterocycles. The highest BCUT2D eigenvalue weighted by Crippen LogP contribution is 2.13. The molecule has 1 N–H and O–H groups in total. The molecule has 1 atom stereocenters. The molecule has 2 nitrogen and oxygen atoms in total. The minimum absolute atomic E-state index is 0.732. The lowest BCUT2D eigenvalue weighted by atomic mass is 10.0. The lowest BCUT2D eigenvalue weighted by molar-refractivity contribution is 0.473. The third-order valence-electron chi connectivity index (χ3n) is 2.37. The highest BCUT2D eigenvalue weighted by molar-refractivity contribution is 7.09. The minimum Gasteiger partial charge on any atom is -0.316 e. The van der Waals surface area contributed by atoms with E-state index in [1.165, 1.54) is 11.4 Å². The minimum atomic E-state index is 0.732. The average Bonchev–Trinajstić information content (AvgIpc) is 2.64. The van der Waals surface area contributed by atoms with Crippen LogP contribution in [0.25, 0.3) is 0 Å². The summed E-state index contributed by atoms with van der Waals surface area (Å²) in [6.45, 7) is 9.05. The van der Waals surface area contributed by atoms with Crippen molar-refractivity contribution >= 4 is 11.3 Å². The third-order valence-corrected chi connectivity index (χ3v) is 3.17. The van der Waals surface area contributed by atoms with Crippen molar-refractivity contribution in [3.63, 3.8) is 0 Å². The Hall–Kier alpha value is -0.410. The standard InChI is InChI=1S/C12H22N2S/c1-10(2)9-13-5-4-11(3)8-12-14-6-7-15-12/h6-7,10-11,13H,4-5,8-9H2,1-3H3. The zero-order valence-corrected chi connectivity index (χ0v) is 10.8. The smallest absolute Gasteiger partial charge is 0.0927 e. The first-order valence-corrected chi connectivity index (χ1v) is 6.65. The Morgan fingerprint density at radius 2 is 2.20 bits per heavy atom. The van der Waals surface area contributed by atoms with E-state index < -0.39 is 0 Å².